The van der Waals surface area contributed by atoms with Crippen molar-refractivity contribution < 1.29 is 0 Å². The van der Waals surface area contributed by atoms with Crippen molar-refractivity contribution in [1.82, 2.24) is 0 Å². The predicted molar refractivity (Wildman–Crippen MR) is 72.0 cm³/mol. The number of allylic oxidation sites excluding steroid dienone is 2. The second-order valence-electron chi connectivity index (χ2n) is 3.28. The minimum atomic E-state index is 0.635. The maximum absolute atomic E-state index is 7.49. The zero-order chi connectivity index (χ0) is 10.4. The molecule has 0 radical (unpaired) electrons. The van der Waals surface area contributed by atoms with Gasteiger partial charge in [0.2, 0.25) is 0 Å². The van der Waals surface area contributed by atoms with Crippen LogP contribution in [-0.4, -0.2) is 9.47 Å². The van der Waals surface area contributed by atoms with Crippen LogP contribution in [0.3, 0.4) is 0 Å². The monoisotopic (exact) mass is 311 g/mol. The molecule has 0 aromatic rings. The Labute approximate surface area is 99.4 Å². The van der Waals surface area contributed by atoms with Crippen molar-refractivity contribution in [3.05, 3.63) is 10.5 Å². The van der Waals surface area contributed by atoms with Crippen LogP contribution >= 0.6 is 34.4 Å². The van der Waals surface area contributed by atoms with Crippen molar-refractivity contribution >= 4 is 39.4 Å². The van der Waals surface area contributed by atoms with Crippen LogP contribution in [0, 0.1) is 11.3 Å². The lowest BCUT2D eigenvalue weighted by Gasteiger charge is -2.17. The van der Waals surface area contributed by atoms with Gasteiger partial charge >= 0.3 is 0 Å². The number of rotatable bonds is 4. The van der Waals surface area contributed by atoms with E-state index in [0.717, 1.165) is 4.43 Å². The lowest BCUT2D eigenvalue weighted by atomic mass is 10.1. The Kier molecular flexibility index (Phi) is 7.13. The molecule has 0 bridgehead atoms. The molecule has 0 saturated carbocycles. The van der Waals surface area contributed by atoms with Crippen LogP contribution in [0.4, 0.5) is 0 Å². The number of halogens is 1. The summed E-state index contributed by atoms with van der Waals surface area (Å²) in [6.07, 6.45) is 1.17. The maximum atomic E-state index is 7.49. The Balaban J connectivity index is 4.61. The number of hydrogen-bond acceptors (Lipinski definition) is 2. The summed E-state index contributed by atoms with van der Waals surface area (Å²) in [6, 6.07) is 0. The van der Waals surface area contributed by atoms with Crippen LogP contribution in [0.1, 0.15) is 34.1 Å². The highest BCUT2D eigenvalue weighted by Crippen LogP contribution is 2.31. The molecule has 0 saturated heterocycles. The molecular weight excluding hydrogens is 293 g/mol. The van der Waals surface area contributed by atoms with E-state index >= 15 is 0 Å². The smallest absolute Gasteiger partial charge is 0.0655 e. The molecule has 0 fully saturated rings. The molecule has 3 heteroatoms. The van der Waals surface area contributed by atoms with Crippen molar-refractivity contribution in [1.29, 1.82) is 5.41 Å². The van der Waals surface area contributed by atoms with E-state index < -0.39 is 0 Å². The van der Waals surface area contributed by atoms with Crippen molar-refractivity contribution in [2.75, 3.05) is 4.43 Å². The Morgan fingerprint density at radius 3 is 2.15 bits per heavy atom. The van der Waals surface area contributed by atoms with Crippen LogP contribution < -0.4 is 0 Å². The highest BCUT2D eigenvalue weighted by Gasteiger charge is 2.13. The molecule has 0 heterocycles. The minimum Gasteiger partial charge on any atom is -0.298 e. The first-order chi connectivity index (χ1) is 6.02. The van der Waals surface area contributed by atoms with Gasteiger partial charge in [0.15, 0.2) is 0 Å². The first-order valence-electron chi connectivity index (χ1n) is 4.49. The highest BCUT2D eigenvalue weighted by molar-refractivity contribution is 14.1. The number of thioether (sulfide) groups is 1. The molecule has 0 aliphatic heterocycles. The van der Waals surface area contributed by atoms with Gasteiger partial charge in [-0.05, 0) is 38.0 Å². The van der Waals surface area contributed by atoms with E-state index in [2.05, 4.69) is 43.4 Å². The third kappa shape index (κ3) is 5.05. The Bertz CT molecular complexity index is 203. The first kappa shape index (κ1) is 13.5. The Morgan fingerprint density at radius 2 is 1.92 bits per heavy atom. The molecule has 0 amide bonds. The zero-order valence-corrected chi connectivity index (χ0v) is 11.8. The van der Waals surface area contributed by atoms with Crippen molar-refractivity contribution in [3.63, 3.8) is 0 Å². The van der Waals surface area contributed by atoms with E-state index in [1.165, 1.54) is 16.9 Å². The quantitative estimate of drug-likeness (QED) is 0.352. The number of alkyl halides is 1. The van der Waals surface area contributed by atoms with Crippen LogP contribution in [0.2, 0.25) is 0 Å². The van der Waals surface area contributed by atoms with Gasteiger partial charge in [0, 0.05) is 4.43 Å². The topological polar surface area (TPSA) is 23.9 Å². The van der Waals surface area contributed by atoms with E-state index in [9.17, 15) is 0 Å². The van der Waals surface area contributed by atoms with Gasteiger partial charge in [-0.2, -0.15) is 0 Å². The average molecular weight is 311 g/mol. The first-order valence-corrected chi connectivity index (χ1v) is 6.83. The summed E-state index contributed by atoms with van der Waals surface area (Å²) in [5.41, 5.74) is 1.36. The van der Waals surface area contributed by atoms with Crippen LogP contribution in [-0.2, 0) is 0 Å². The van der Waals surface area contributed by atoms with Gasteiger partial charge in [-0.3, -0.25) is 5.41 Å². The highest BCUT2D eigenvalue weighted by atomic mass is 127. The Morgan fingerprint density at radius 1 is 1.38 bits per heavy atom. The van der Waals surface area contributed by atoms with Crippen LogP contribution in [0.25, 0.3) is 0 Å². The molecule has 0 aliphatic carbocycles. The summed E-state index contributed by atoms with van der Waals surface area (Å²) >= 11 is 4.05. The number of hydrogen-bond donors (Lipinski definition) is 1. The molecule has 0 spiro atoms. The fourth-order valence-electron chi connectivity index (χ4n) is 1.12. The summed E-state index contributed by atoms with van der Waals surface area (Å²) in [6.45, 7) is 8.35. The third-order valence-corrected chi connectivity index (χ3v) is 4.14. The van der Waals surface area contributed by atoms with Crippen molar-refractivity contribution in [2.45, 2.75) is 34.1 Å². The van der Waals surface area contributed by atoms with Crippen LogP contribution in [0.15, 0.2) is 10.5 Å². The molecule has 0 aromatic heterocycles. The molecule has 76 valence electrons. The molecule has 0 rings (SSSR count). The van der Waals surface area contributed by atoms with Gasteiger partial charge < -0.3 is 0 Å². The lowest BCUT2D eigenvalue weighted by molar-refractivity contribution is 0.703. The summed E-state index contributed by atoms with van der Waals surface area (Å²) in [7, 11) is 0. The normalized spacial score (nSPS) is 12.4. The molecule has 1 nitrogen and oxygen atoms in total. The van der Waals surface area contributed by atoms with E-state index in [1.807, 2.05) is 6.92 Å². The lowest BCUT2D eigenvalue weighted by Crippen LogP contribution is -2.04. The molecule has 0 aliphatic rings. The van der Waals surface area contributed by atoms with Crippen LogP contribution in [0.5, 0.6) is 0 Å². The summed E-state index contributed by atoms with van der Waals surface area (Å²) in [5.74, 6) is 0.635. The summed E-state index contributed by atoms with van der Waals surface area (Å²) in [4.78, 5) is 1.39. The molecular formula is C10H18INS. The fraction of sp³-hybridized carbons (Fsp3) is 0.700. The van der Waals surface area contributed by atoms with Gasteiger partial charge in [-0.25, -0.2) is 0 Å². The van der Waals surface area contributed by atoms with E-state index in [4.69, 9.17) is 5.41 Å². The van der Waals surface area contributed by atoms with E-state index in [1.54, 1.807) is 11.8 Å². The van der Waals surface area contributed by atoms with E-state index in [-0.39, 0.29) is 0 Å². The molecule has 0 aromatic carbocycles. The van der Waals surface area contributed by atoms with Gasteiger partial charge in [0.05, 0.1) is 5.04 Å². The second-order valence-corrected chi connectivity index (χ2v) is 5.42. The van der Waals surface area contributed by atoms with Crippen molar-refractivity contribution in [2.24, 2.45) is 5.92 Å². The second kappa shape index (κ2) is 6.87. The third-order valence-electron chi connectivity index (χ3n) is 1.81. The standard InChI is InChI=1S/C10H18INS/c1-5-9(6-11)10(7(2)3)13-8(4)12/h9,12H,5-6H2,1-4H3. The zero-order valence-electron chi connectivity index (χ0n) is 8.78. The molecule has 1 atom stereocenters. The fourth-order valence-corrected chi connectivity index (χ4v) is 3.44. The predicted octanol–water partition coefficient (Wildman–Crippen LogP) is 4.47. The summed E-state index contributed by atoms with van der Waals surface area (Å²) < 4.78 is 1.15. The molecule has 1 unspecified atom stereocenters. The molecule has 13 heavy (non-hydrogen) atoms. The maximum Gasteiger partial charge on any atom is 0.0655 e. The van der Waals surface area contributed by atoms with E-state index in [0.29, 0.717) is 11.0 Å². The number of nitrogens with one attached hydrogen (secondary N) is 1. The minimum absolute atomic E-state index is 0.635. The van der Waals surface area contributed by atoms with Gasteiger partial charge in [0.1, 0.15) is 0 Å². The van der Waals surface area contributed by atoms with Crippen molar-refractivity contribution in [3.8, 4) is 0 Å². The largest absolute Gasteiger partial charge is 0.298 e. The Hall–Kier alpha value is 0.490. The summed E-state index contributed by atoms with van der Waals surface area (Å²) in [5, 5.41) is 8.18. The molecule has 1 N–H and O–H groups in total. The van der Waals surface area contributed by atoms with Gasteiger partial charge in [-0.15, -0.1) is 0 Å². The van der Waals surface area contributed by atoms with Gasteiger partial charge in [-0.1, -0.05) is 46.8 Å². The average Bonchev–Trinajstić information content (AvgIpc) is 2.04. The van der Waals surface area contributed by atoms with Gasteiger partial charge in [0.25, 0.3) is 0 Å². The SMILES string of the molecule is CCC(CI)C(SC(C)=N)=C(C)C.